The van der Waals surface area contributed by atoms with Crippen LogP contribution in [0.2, 0.25) is 0 Å². The second kappa shape index (κ2) is 21.2. The molecule has 2 heterocycles. The Balaban J connectivity index is 1.04. The molecule has 0 aliphatic heterocycles. The number of aromatic nitrogens is 4. The summed E-state index contributed by atoms with van der Waals surface area (Å²) >= 11 is 0. The predicted octanol–water partition coefficient (Wildman–Crippen LogP) is 3.31. The summed E-state index contributed by atoms with van der Waals surface area (Å²) in [6, 6.07) is 17.3. The number of carbonyl (C=O) groups is 4. The van der Waals surface area contributed by atoms with Crippen molar-refractivity contribution in [2.45, 2.75) is 57.2 Å². The van der Waals surface area contributed by atoms with Crippen LogP contribution < -0.4 is 30.7 Å². The third kappa shape index (κ3) is 13.2. The average molecular weight is 830 g/mol. The van der Waals surface area contributed by atoms with E-state index in [-0.39, 0.29) is 49.1 Å². The molecule has 0 spiro atoms. The number of carbonyl (C=O) groups excluding carboxylic acids is 3. The van der Waals surface area contributed by atoms with Gasteiger partial charge >= 0.3 is 12.1 Å². The number of aryl methyl sites for hydroxylation is 3. The number of nitrogens with one attached hydrogen (secondary N) is 5. The van der Waals surface area contributed by atoms with E-state index in [1.54, 1.807) is 56.7 Å². The number of hydrogen-bond donors (Lipinski definition) is 6. The van der Waals surface area contributed by atoms with Crippen LogP contribution >= 0.6 is 0 Å². The Kier molecular flexibility index (Phi) is 15.7. The molecule has 6 N–H and O–H groups in total. The number of carboxylic acids is 1. The van der Waals surface area contributed by atoms with Gasteiger partial charge in [-0.3, -0.25) is 19.1 Å². The number of aliphatic carboxylic acids is 1. The number of benzene rings is 3. The van der Waals surface area contributed by atoms with Gasteiger partial charge in [0.05, 0.1) is 23.2 Å². The van der Waals surface area contributed by atoms with E-state index >= 15 is 0 Å². The van der Waals surface area contributed by atoms with Crippen molar-refractivity contribution in [3.63, 3.8) is 0 Å². The standard InChI is InChI=1S/C40H47N9O9S/c1-27-21-32(57-20-6-11-35(50)41-17-18-45-40(54)58-26-29-9-4-3-5-10-29)22-28(2)36(27)59(55,56)48-33(38(52)53)25-46-37(51)30-12-13-34-31(23-30)24-47-49(34)19-8-16-44-39-42-14-7-15-43-39/h3-5,7,9-10,12-15,21-24,33,48H,6,8,11,16-20,25-26H2,1-2H3,(H,41,50)(H,45,54)(H,46,51)(H,52,53)(H,42,43,44)/t33-/m0/s1. The second-order valence-corrected chi connectivity index (χ2v) is 15.0. The summed E-state index contributed by atoms with van der Waals surface area (Å²) in [6.45, 7) is 4.53. The van der Waals surface area contributed by atoms with Crippen molar-refractivity contribution < 1.29 is 42.2 Å². The third-order valence-electron chi connectivity index (χ3n) is 8.81. The molecule has 0 unspecified atom stereocenters. The molecule has 0 fully saturated rings. The van der Waals surface area contributed by atoms with Crippen molar-refractivity contribution >= 4 is 50.8 Å². The Hall–Kier alpha value is -6.60. The molecule has 18 nitrogen and oxygen atoms in total. The highest BCUT2D eigenvalue weighted by Crippen LogP contribution is 2.26. The van der Waals surface area contributed by atoms with E-state index in [0.717, 1.165) is 17.5 Å². The maximum Gasteiger partial charge on any atom is 0.407 e. The number of rotatable bonds is 22. The van der Waals surface area contributed by atoms with Gasteiger partial charge in [-0.2, -0.15) is 9.82 Å². The van der Waals surface area contributed by atoms with Gasteiger partial charge in [0.2, 0.25) is 21.9 Å². The zero-order valence-corrected chi connectivity index (χ0v) is 33.5. The highest BCUT2D eigenvalue weighted by atomic mass is 32.2. The van der Waals surface area contributed by atoms with Crippen LogP contribution in [0.3, 0.4) is 0 Å². The quantitative estimate of drug-likeness (QED) is 0.0549. The lowest BCUT2D eigenvalue weighted by Gasteiger charge is -2.19. The van der Waals surface area contributed by atoms with Crippen molar-refractivity contribution in [2.24, 2.45) is 0 Å². The number of anilines is 1. The smallest absolute Gasteiger partial charge is 0.407 e. The first kappa shape index (κ1) is 43.5. The third-order valence-corrected chi connectivity index (χ3v) is 10.6. The van der Waals surface area contributed by atoms with Crippen LogP contribution in [0.15, 0.2) is 90.2 Å². The largest absolute Gasteiger partial charge is 0.494 e. The first-order valence-corrected chi connectivity index (χ1v) is 20.3. The highest BCUT2D eigenvalue weighted by molar-refractivity contribution is 7.89. The molecule has 0 bridgehead atoms. The zero-order valence-electron chi connectivity index (χ0n) is 32.6. The molecule has 59 heavy (non-hydrogen) atoms. The SMILES string of the molecule is Cc1cc(OCCCC(=O)NCCNC(=O)OCc2ccccc2)cc(C)c1S(=O)(=O)N[C@@H](CNC(=O)c1ccc2c(cnn2CCCNc2ncccn2)c1)C(=O)O. The van der Waals surface area contributed by atoms with Crippen LogP contribution in [-0.4, -0.2) is 96.0 Å². The van der Waals surface area contributed by atoms with Crippen LogP contribution in [-0.2, 0) is 37.5 Å². The Bertz CT molecular complexity index is 2300. The maximum atomic E-state index is 13.5. The Labute approximate surface area is 341 Å². The maximum absolute atomic E-state index is 13.5. The van der Waals surface area contributed by atoms with Gasteiger partial charge in [0.1, 0.15) is 18.4 Å². The molecule has 3 aromatic carbocycles. The summed E-state index contributed by atoms with van der Waals surface area (Å²) in [5.74, 6) is -1.39. The van der Waals surface area contributed by atoms with Gasteiger partial charge in [-0.15, -0.1) is 0 Å². The fourth-order valence-corrected chi connectivity index (χ4v) is 7.66. The zero-order chi connectivity index (χ0) is 42.2. The lowest BCUT2D eigenvalue weighted by molar-refractivity contribution is -0.138. The van der Waals surface area contributed by atoms with Crippen LogP contribution in [0.5, 0.6) is 5.75 Å². The van der Waals surface area contributed by atoms with E-state index in [2.05, 4.69) is 41.1 Å². The average Bonchev–Trinajstić information content (AvgIpc) is 3.62. The van der Waals surface area contributed by atoms with E-state index < -0.39 is 40.6 Å². The summed E-state index contributed by atoms with van der Waals surface area (Å²) in [5, 5.41) is 25.9. The molecule has 3 amide bonds. The van der Waals surface area contributed by atoms with Crippen molar-refractivity contribution in [3.05, 3.63) is 108 Å². The van der Waals surface area contributed by atoms with Gasteiger partial charge in [0, 0.05) is 62.5 Å². The van der Waals surface area contributed by atoms with Gasteiger partial charge in [0.15, 0.2) is 0 Å². The van der Waals surface area contributed by atoms with Gasteiger partial charge < -0.3 is 35.8 Å². The highest BCUT2D eigenvalue weighted by Gasteiger charge is 2.29. The molecule has 312 valence electrons. The van der Waals surface area contributed by atoms with Crippen molar-refractivity contribution in [1.29, 1.82) is 0 Å². The number of sulfonamides is 1. The molecule has 0 saturated carbocycles. The van der Waals surface area contributed by atoms with Crippen molar-refractivity contribution in [2.75, 3.05) is 38.1 Å². The molecule has 0 saturated heterocycles. The summed E-state index contributed by atoms with van der Waals surface area (Å²) in [4.78, 5) is 57.4. The molecule has 0 aliphatic rings. The predicted molar refractivity (Wildman–Crippen MR) is 217 cm³/mol. The Morgan fingerprint density at radius 1 is 0.864 bits per heavy atom. The van der Waals surface area contributed by atoms with E-state index in [4.69, 9.17) is 9.47 Å². The number of nitrogens with zero attached hydrogens (tertiary/aromatic N) is 4. The first-order valence-electron chi connectivity index (χ1n) is 18.8. The molecule has 19 heteroatoms. The number of hydrogen-bond acceptors (Lipinski definition) is 12. The summed E-state index contributed by atoms with van der Waals surface area (Å²) in [6.07, 6.45) is 5.61. The first-order chi connectivity index (χ1) is 28.4. The van der Waals surface area contributed by atoms with Gasteiger partial charge in [-0.05, 0) is 79.8 Å². The minimum absolute atomic E-state index is 0.119. The summed E-state index contributed by atoms with van der Waals surface area (Å²) < 4.78 is 41.9. The number of ether oxygens (including phenoxy) is 2. The van der Waals surface area contributed by atoms with Crippen LogP contribution in [0, 0.1) is 13.8 Å². The monoisotopic (exact) mass is 829 g/mol. The van der Waals surface area contributed by atoms with Crippen LogP contribution in [0.4, 0.5) is 10.7 Å². The number of alkyl carbamates (subject to hydrolysis) is 1. The second-order valence-electron chi connectivity index (χ2n) is 13.4. The minimum atomic E-state index is -4.36. The molecule has 5 aromatic rings. The molecule has 2 aromatic heterocycles. The van der Waals surface area contributed by atoms with E-state index in [9.17, 15) is 32.7 Å². The summed E-state index contributed by atoms with van der Waals surface area (Å²) in [7, 11) is -4.36. The molecular formula is C40H47N9O9S. The summed E-state index contributed by atoms with van der Waals surface area (Å²) in [5.41, 5.74) is 2.53. The van der Waals surface area contributed by atoms with Gasteiger partial charge in [-0.1, -0.05) is 30.3 Å². The molecule has 0 radical (unpaired) electrons. The van der Waals surface area contributed by atoms with Crippen LogP contribution in [0.1, 0.15) is 46.3 Å². The minimum Gasteiger partial charge on any atom is -0.494 e. The van der Waals surface area contributed by atoms with Crippen molar-refractivity contribution in [3.8, 4) is 5.75 Å². The van der Waals surface area contributed by atoms with Gasteiger partial charge in [-0.25, -0.2) is 23.2 Å². The molecular weight excluding hydrogens is 783 g/mol. The fourth-order valence-electron chi connectivity index (χ4n) is 6.02. The lowest BCUT2D eigenvalue weighted by Crippen LogP contribution is -2.48. The number of carboxylic acid groups (broad SMARTS) is 1. The van der Waals surface area contributed by atoms with Crippen LogP contribution in [0.25, 0.3) is 10.9 Å². The number of fused-ring (bicyclic) bond motifs is 1. The molecule has 1 atom stereocenters. The molecule has 5 rings (SSSR count). The lowest BCUT2D eigenvalue weighted by atomic mass is 10.1. The van der Waals surface area contributed by atoms with Gasteiger partial charge in [0.25, 0.3) is 5.91 Å². The number of amides is 3. The normalized spacial score (nSPS) is 11.7. The Morgan fingerprint density at radius 2 is 1.59 bits per heavy atom. The fraction of sp³-hybridized carbons (Fsp3) is 0.325. The van der Waals surface area contributed by atoms with E-state index in [0.29, 0.717) is 47.7 Å². The topological polar surface area (TPSA) is 245 Å². The Morgan fingerprint density at radius 3 is 2.32 bits per heavy atom. The van der Waals surface area contributed by atoms with E-state index in [1.165, 1.54) is 12.1 Å². The molecule has 0 aliphatic carbocycles. The van der Waals surface area contributed by atoms with E-state index in [1.807, 2.05) is 35.0 Å². The van der Waals surface area contributed by atoms with Crippen molar-refractivity contribution in [1.82, 2.24) is 40.4 Å².